The second-order valence-electron chi connectivity index (χ2n) is 11.9. The van der Waals surface area contributed by atoms with Crippen LogP contribution >= 0.6 is 0 Å². The van der Waals surface area contributed by atoms with Gasteiger partial charge in [0.25, 0.3) is 5.88 Å². The second kappa shape index (κ2) is 7.41. The Labute approximate surface area is 218 Å². The monoisotopic (exact) mass is 496 g/mol. The highest BCUT2D eigenvalue weighted by atomic mass is 16.6. The number of pyridine rings is 1. The van der Waals surface area contributed by atoms with E-state index in [-0.39, 0.29) is 16.2 Å². The van der Waals surface area contributed by atoms with E-state index in [1.54, 1.807) is 14.2 Å². The molecular weight excluding hydrogens is 464 g/mol. The number of hydrogen-bond acceptors (Lipinski definition) is 6. The molecule has 0 N–H and O–H groups in total. The Bertz CT molecular complexity index is 1550. The van der Waals surface area contributed by atoms with E-state index in [1.807, 2.05) is 13.8 Å². The zero-order chi connectivity index (χ0) is 26.5. The van der Waals surface area contributed by atoms with Crippen LogP contribution in [-0.2, 0) is 16.2 Å². The quantitative estimate of drug-likeness (QED) is 0.294. The molecule has 0 fully saturated rings. The number of ether oxygens (including phenoxy) is 4. The summed E-state index contributed by atoms with van der Waals surface area (Å²) in [5, 5.41) is 9.86. The van der Waals surface area contributed by atoms with E-state index in [9.17, 15) is 5.26 Å². The molecule has 1 atom stereocenters. The van der Waals surface area contributed by atoms with Gasteiger partial charge in [-0.1, -0.05) is 27.7 Å². The highest BCUT2D eigenvalue weighted by Crippen LogP contribution is 2.65. The average molecular weight is 497 g/mol. The van der Waals surface area contributed by atoms with Gasteiger partial charge in [0.1, 0.15) is 11.6 Å². The van der Waals surface area contributed by atoms with Gasteiger partial charge in [0, 0.05) is 11.1 Å². The maximum absolute atomic E-state index is 9.86. The van der Waals surface area contributed by atoms with Crippen LogP contribution in [0.2, 0.25) is 0 Å². The van der Waals surface area contributed by atoms with Crippen LogP contribution in [0.4, 0.5) is 0 Å². The third kappa shape index (κ3) is 3.06. The molecule has 6 nitrogen and oxygen atoms in total. The van der Waals surface area contributed by atoms with Crippen molar-refractivity contribution in [2.75, 3.05) is 14.2 Å². The summed E-state index contributed by atoms with van der Waals surface area (Å²) in [5.41, 5.74) is 6.74. The van der Waals surface area contributed by atoms with Gasteiger partial charge in [0.2, 0.25) is 5.75 Å². The highest BCUT2D eigenvalue weighted by Gasteiger charge is 2.57. The van der Waals surface area contributed by atoms with E-state index >= 15 is 0 Å². The van der Waals surface area contributed by atoms with Crippen molar-refractivity contribution in [1.29, 1.82) is 5.26 Å². The molecule has 1 unspecified atom stereocenters. The molecule has 37 heavy (non-hydrogen) atoms. The third-order valence-electron chi connectivity index (χ3n) is 8.72. The predicted octanol–water partition coefficient (Wildman–Crippen LogP) is 7.13. The van der Waals surface area contributed by atoms with Gasteiger partial charge in [-0.2, -0.15) is 5.26 Å². The number of fused-ring (bicyclic) bond motifs is 6. The summed E-state index contributed by atoms with van der Waals surface area (Å²) in [5.74, 6) is 3.50. The SMILES string of the molecule is COc1cc2c(cc1OC)C1(CC2(C)C)CC(C)(C)c2cc3c(cc21)Oc1c(nc(C)c(C)c1C#N)O3. The highest BCUT2D eigenvalue weighted by molar-refractivity contribution is 5.68. The molecule has 1 spiro atoms. The summed E-state index contributed by atoms with van der Waals surface area (Å²) in [7, 11) is 3.37. The molecule has 0 saturated carbocycles. The van der Waals surface area contributed by atoms with Crippen LogP contribution in [0.25, 0.3) is 0 Å². The van der Waals surface area contributed by atoms with Gasteiger partial charge in [-0.05, 0) is 89.6 Å². The molecule has 3 aliphatic rings. The molecule has 0 saturated heterocycles. The first-order chi connectivity index (χ1) is 17.5. The molecule has 1 aromatic heterocycles. The summed E-state index contributed by atoms with van der Waals surface area (Å²) in [4.78, 5) is 4.58. The van der Waals surface area contributed by atoms with Crippen molar-refractivity contribution in [1.82, 2.24) is 4.98 Å². The van der Waals surface area contributed by atoms with Crippen molar-refractivity contribution in [2.45, 2.75) is 70.6 Å². The Kier molecular flexibility index (Phi) is 4.74. The summed E-state index contributed by atoms with van der Waals surface area (Å²) in [6, 6.07) is 10.9. The van der Waals surface area contributed by atoms with E-state index in [4.69, 9.17) is 18.9 Å². The molecule has 2 aliphatic carbocycles. The largest absolute Gasteiger partial charge is 0.493 e. The predicted molar refractivity (Wildman–Crippen MR) is 141 cm³/mol. The maximum Gasteiger partial charge on any atom is 0.265 e. The fraction of sp³-hybridized carbons (Fsp3) is 0.419. The van der Waals surface area contributed by atoms with Gasteiger partial charge < -0.3 is 18.9 Å². The smallest absolute Gasteiger partial charge is 0.265 e. The first-order valence-corrected chi connectivity index (χ1v) is 12.7. The van der Waals surface area contributed by atoms with Crippen molar-refractivity contribution in [3.05, 3.63) is 63.3 Å². The normalized spacial score (nSPS) is 21.2. The van der Waals surface area contributed by atoms with Crippen LogP contribution < -0.4 is 18.9 Å². The number of rotatable bonds is 2. The van der Waals surface area contributed by atoms with Crippen LogP contribution in [0.15, 0.2) is 24.3 Å². The molecule has 3 aromatic rings. The van der Waals surface area contributed by atoms with Crippen molar-refractivity contribution in [3.63, 3.8) is 0 Å². The Morgan fingerprint density at radius 1 is 0.811 bits per heavy atom. The number of hydrogen-bond donors (Lipinski definition) is 0. The minimum atomic E-state index is -0.213. The minimum absolute atomic E-state index is 0.0566. The standard InChI is InChI=1S/C31H32N2O4/c1-16-17(2)33-28-27(18(16)13-32)36-25-12-22-20(10-26(25)37-28)30(5,6)15-31(22)14-29(3,4)19-9-23(34-7)24(35-8)11-21(19)31/h9-12H,14-15H2,1-8H3. The van der Waals surface area contributed by atoms with Crippen molar-refractivity contribution in [3.8, 4) is 40.7 Å². The molecule has 6 heteroatoms. The first kappa shape index (κ1) is 23.7. The number of methoxy groups -OCH3 is 2. The summed E-state index contributed by atoms with van der Waals surface area (Å²) >= 11 is 0. The molecular formula is C31H32N2O4. The number of nitriles is 1. The number of benzene rings is 2. The maximum atomic E-state index is 9.86. The van der Waals surface area contributed by atoms with E-state index in [1.165, 1.54) is 22.3 Å². The average Bonchev–Trinajstić information content (AvgIpc) is 3.20. The van der Waals surface area contributed by atoms with Crippen LogP contribution in [0.5, 0.6) is 34.6 Å². The van der Waals surface area contributed by atoms with Crippen LogP contribution in [-0.4, -0.2) is 19.2 Å². The zero-order valence-corrected chi connectivity index (χ0v) is 22.8. The third-order valence-corrected chi connectivity index (χ3v) is 8.72. The Morgan fingerprint density at radius 3 is 1.92 bits per heavy atom. The number of aryl methyl sites for hydroxylation is 1. The van der Waals surface area contributed by atoms with Crippen LogP contribution in [0, 0.1) is 25.2 Å². The first-order valence-electron chi connectivity index (χ1n) is 12.7. The Hall–Kier alpha value is -3.72. The van der Waals surface area contributed by atoms with E-state index in [0.29, 0.717) is 28.7 Å². The molecule has 0 amide bonds. The zero-order valence-electron chi connectivity index (χ0n) is 22.8. The van der Waals surface area contributed by atoms with E-state index in [2.05, 4.69) is 63.0 Å². The number of aromatic nitrogens is 1. The van der Waals surface area contributed by atoms with Gasteiger partial charge in [-0.3, -0.25) is 0 Å². The van der Waals surface area contributed by atoms with Gasteiger partial charge in [-0.25, -0.2) is 4.98 Å². The van der Waals surface area contributed by atoms with Gasteiger partial charge >= 0.3 is 0 Å². The topological polar surface area (TPSA) is 73.6 Å². The summed E-state index contributed by atoms with van der Waals surface area (Å²) < 4.78 is 24.1. The second-order valence-corrected chi connectivity index (χ2v) is 11.9. The fourth-order valence-electron chi connectivity index (χ4n) is 7.06. The summed E-state index contributed by atoms with van der Waals surface area (Å²) in [6.45, 7) is 13.0. The number of nitrogens with zero attached hydrogens (tertiary/aromatic N) is 2. The summed E-state index contributed by atoms with van der Waals surface area (Å²) in [6.07, 6.45) is 1.92. The van der Waals surface area contributed by atoms with Crippen molar-refractivity contribution >= 4 is 0 Å². The minimum Gasteiger partial charge on any atom is -0.493 e. The van der Waals surface area contributed by atoms with Crippen LogP contribution in [0.1, 0.15) is 79.6 Å². The molecule has 190 valence electrons. The fourth-order valence-corrected chi connectivity index (χ4v) is 7.06. The molecule has 0 radical (unpaired) electrons. The molecule has 1 aliphatic heterocycles. The lowest BCUT2D eigenvalue weighted by atomic mass is 9.72. The molecule has 2 heterocycles. The van der Waals surface area contributed by atoms with Crippen molar-refractivity contribution < 1.29 is 18.9 Å². The van der Waals surface area contributed by atoms with E-state index < -0.39 is 0 Å². The lowest BCUT2D eigenvalue weighted by molar-refractivity contribution is 0.343. The molecule has 2 aromatic carbocycles. The lowest BCUT2D eigenvalue weighted by Gasteiger charge is -2.31. The molecule has 6 rings (SSSR count). The lowest BCUT2D eigenvalue weighted by Crippen LogP contribution is -2.27. The van der Waals surface area contributed by atoms with Gasteiger partial charge in [-0.15, -0.1) is 0 Å². The van der Waals surface area contributed by atoms with Crippen LogP contribution in [0.3, 0.4) is 0 Å². The van der Waals surface area contributed by atoms with Gasteiger partial charge in [0.15, 0.2) is 23.0 Å². The van der Waals surface area contributed by atoms with E-state index in [0.717, 1.165) is 35.6 Å². The Balaban J connectivity index is 1.58. The Morgan fingerprint density at radius 2 is 1.32 bits per heavy atom. The molecule has 0 bridgehead atoms. The van der Waals surface area contributed by atoms with Gasteiger partial charge in [0.05, 0.1) is 14.2 Å². The van der Waals surface area contributed by atoms with Crippen molar-refractivity contribution in [2.24, 2.45) is 0 Å².